The Morgan fingerprint density at radius 2 is 1.92 bits per heavy atom. The molecule has 2 aliphatic rings. The number of halogens is 3. The number of ketones is 1. The van der Waals surface area contributed by atoms with Crippen molar-refractivity contribution in [3.05, 3.63) is 22.5 Å². The lowest BCUT2D eigenvalue weighted by molar-refractivity contribution is -0.187. The third-order valence-corrected chi connectivity index (χ3v) is 5.00. The topological polar surface area (TPSA) is 90.5 Å². The fraction of sp³-hybridized carbons (Fsp3) is 0.562. The van der Waals surface area contributed by atoms with Gasteiger partial charge >= 0.3 is 12.1 Å². The van der Waals surface area contributed by atoms with Crippen molar-refractivity contribution >= 4 is 17.7 Å². The predicted molar refractivity (Wildman–Crippen MR) is 79.4 cm³/mol. The van der Waals surface area contributed by atoms with Crippen LogP contribution in [0.15, 0.2) is 0 Å². The number of aromatic nitrogens is 1. The minimum Gasteiger partial charge on any atom is -0.481 e. The lowest BCUT2D eigenvalue weighted by Gasteiger charge is -2.18. The van der Waals surface area contributed by atoms with Crippen LogP contribution in [-0.2, 0) is 11.2 Å². The van der Waals surface area contributed by atoms with Gasteiger partial charge in [-0.25, -0.2) is 0 Å². The number of aromatic amines is 1. The number of Topliss-reactive ketones (excluding diaryl/α,β-unsaturated/α-hetero) is 1. The minimum atomic E-state index is -4.70. The molecule has 0 unspecified atom stereocenters. The highest BCUT2D eigenvalue weighted by molar-refractivity contribution is 6.04. The second kappa shape index (κ2) is 5.89. The lowest BCUT2D eigenvalue weighted by Crippen LogP contribution is -2.34. The zero-order valence-electron chi connectivity index (χ0n) is 13.4. The molecule has 6 nitrogen and oxygen atoms in total. The predicted octanol–water partition coefficient (Wildman–Crippen LogP) is 2.18. The van der Waals surface area contributed by atoms with Crippen LogP contribution in [0, 0.1) is 18.8 Å². The Labute approximate surface area is 141 Å². The quantitative estimate of drug-likeness (QED) is 0.848. The summed E-state index contributed by atoms with van der Waals surface area (Å²) in [5, 5.41) is 9.05. The molecule has 2 atom stereocenters. The van der Waals surface area contributed by atoms with Crippen molar-refractivity contribution in [1.82, 2.24) is 9.88 Å². The molecular formula is C16H17F3N2O4. The van der Waals surface area contributed by atoms with Gasteiger partial charge in [-0.3, -0.25) is 14.4 Å². The van der Waals surface area contributed by atoms with Crippen LogP contribution >= 0.6 is 0 Å². The first-order valence-electron chi connectivity index (χ1n) is 7.94. The maximum Gasteiger partial charge on any atom is 0.394 e. The molecular weight excluding hydrogens is 341 g/mol. The van der Waals surface area contributed by atoms with Crippen molar-refractivity contribution < 1.29 is 32.7 Å². The second-order valence-electron chi connectivity index (χ2n) is 6.56. The van der Waals surface area contributed by atoms with E-state index in [1.165, 1.54) is 0 Å². The number of nitrogens with zero attached hydrogens (tertiary/aromatic N) is 1. The summed E-state index contributed by atoms with van der Waals surface area (Å²) in [6.07, 6.45) is -3.07. The monoisotopic (exact) mass is 358 g/mol. The number of nitrogens with one attached hydrogen (secondary N) is 1. The molecule has 0 radical (unpaired) electrons. The van der Waals surface area contributed by atoms with Crippen molar-refractivity contribution in [3.63, 3.8) is 0 Å². The molecule has 9 heteroatoms. The first-order chi connectivity index (χ1) is 11.6. The van der Waals surface area contributed by atoms with Crippen molar-refractivity contribution in [2.75, 3.05) is 13.1 Å². The summed E-state index contributed by atoms with van der Waals surface area (Å²) >= 11 is 0. The van der Waals surface area contributed by atoms with E-state index in [2.05, 4.69) is 4.98 Å². The van der Waals surface area contributed by atoms with E-state index in [4.69, 9.17) is 5.11 Å². The normalized spacial score (nSPS) is 23.7. The highest BCUT2D eigenvalue weighted by Crippen LogP contribution is 2.38. The summed E-state index contributed by atoms with van der Waals surface area (Å²) in [6, 6.07) is 0. The first kappa shape index (κ1) is 17.5. The molecule has 1 fully saturated rings. The molecule has 0 aromatic carbocycles. The van der Waals surface area contributed by atoms with Crippen molar-refractivity contribution in [2.45, 2.75) is 32.4 Å². The molecule has 1 aliphatic carbocycles. The van der Waals surface area contributed by atoms with Gasteiger partial charge in [0.25, 0.3) is 5.91 Å². The van der Waals surface area contributed by atoms with Crippen LogP contribution in [-0.4, -0.2) is 51.9 Å². The summed E-state index contributed by atoms with van der Waals surface area (Å²) in [6.45, 7) is 0.379. The van der Waals surface area contributed by atoms with E-state index in [1.807, 2.05) is 0 Å². The Kier molecular flexibility index (Phi) is 4.12. The van der Waals surface area contributed by atoms with E-state index in [-0.39, 0.29) is 11.5 Å². The van der Waals surface area contributed by atoms with Crippen molar-refractivity contribution in [3.8, 4) is 0 Å². The van der Waals surface area contributed by atoms with Crippen LogP contribution in [0.1, 0.15) is 44.9 Å². The summed E-state index contributed by atoms with van der Waals surface area (Å²) in [5.74, 6) is -6.14. The number of carboxylic acid groups (broad SMARTS) is 1. The third kappa shape index (κ3) is 2.91. The third-order valence-electron chi connectivity index (χ3n) is 5.00. The van der Waals surface area contributed by atoms with Crippen LogP contribution in [0.2, 0.25) is 0 Å². The number of rotatable bonds is 2. The molecule has 3 rings (SSSR count). The van der Waals surface area contributed by atoms with Crippen LogP contribution < -0.4 is 0 Å². The number of carbonyl (C=O) groups excluding carboxylic acids is 2. The zero-order valence-corrected chi connectivity index (χ0v) is 13.4. The lowest BCUT2D eigenvalue weighted by atomic mass is 9.94. The number of hydrogen-bond acceptors (Lipinski definition) is 3. The largest absolute Gasteiger partial charge is 0.481 e. The van der Waals surface area contributed by atoms with Gasteiger partial charge in [-0.2, -0.15) is 13.2 Å². The number of carboxylic acids is 1. The Morgan fingerprint density at radius 1 is 1.24 bits per heavy atom. The van der Waals surface area contributed by atoms with Gasteiger partial charge in [0, 0.05) is 30.8 Å². The van der Waals surface area contributed by atoms with Crippen molar-refractivity contribution in [2.24, 2.45) is 11.8 Å². The Morgan fingerprint density at radius 3 is 2.44 bits per heavy atom. The first-order valence-corrected chi connectivity index (χ1v) is 7.94. The van der Waals surface area contributed by atoms with Crippen LogP contribution in [0.5, 0.6) is 0 Å². The highest BCUT2D eigenvalue weighted by Gasteiger charge is 2.53. The number of H-pyrrole nitrogens is 1. The molecule has 1 saturated heterocycles. The van der Waals surface area contributed by atoms with Gasteiger partial charge in [-0.15, -0.1) is 0 Å². The molecule has 0 bridgehead atoms. The smallest absolute Gasteiger partial charge is 0.394 e. The Bertz CT molecular complexity index is 753. The molecule has 2 N–H and O–H groups in total. The summed E-state index contributed by atoms with van der Waals surface area (Å²) < 4.78 is 39.2. The molecule has 2 heterocycles. The van der Waals surface area contributed by atoms with E-state index in [1.54, 1.807) is 6.92 Å². The zero-order chi connectivity index (χ0) is 18.5. The molecule has 0 spiro atoms. The molecule has 0 saturated carbocycles. The average molecular weight is 358 g/mol. The molecule has 136 valence electrons. The van der Waals surface area contributed by atoms with Crippen LogP contribution in [0.25, 0.3) is 0 Å². The van der Waals surface area contributed by atoms with Gasteiger partial charge in [-0.05, 0) is 25.3 Å². The van der Waals surface area contributed by atoms with Gasteiger partial charge in [0.1, 0.15) is 5.69 Å². The molecule has 1 aromatic rings. The molecule has 1 aromatic heterocycles. The average Bonchev–Trinajstić information content (AvgIpc) is 3.09. The second-order valence-corrected chi connectivity index (χ2v) is 6.56. The Balaban J connectivity index is 1.90. The van der Waals surface area contributed by atoms with Crippen LogP contribution in [0.3, 0.4) is 0 Å². The Hall–Kier alpha value is -2.32. The fourth-order valence-corrected chi connectivity index (χ4v) is 3.70. The number of likely N-dealkylation sites (tertiary alicyclic amines) is 1. The van der Waals surface area contributed by atoms with E-state index < -0.39 is 43.0 Å². The van der Waals surface area contributed by atoms with E-state index in [0.717, 1.165) is 4.90 Å². The molecule has 1 aliphatic heterocycles. The molecule has 1 amide bonds. The number of alkyl halides is 3. The maximum absolute atomic E-state index is 13.1. The number of carbonyl (C=O) groups is 3. The summed E-state index contributed by atoms with van der Waals surface area (Å²) in [7, 11) is 0. The number of amides is 1. The number of aliphatic carboxylic acids is 1. The molecule has 25 heavy (non-hydrogen) atoms. The SMILES string of the molecule is Cc1c(C(=O)N2C[C@@H](C(F)(F)F)[C@H](C(=O)O)C2)[nH]c2c1C(=O)CCC2. The standard InChI is InChI=1S/C16H17F3N2O4/c1-7-12-10(3-2-4-11(12)22)20-13(7)14(23)21-5-8(15(24)25)9(6-21)16(17,18)19/h8-9,20H,2-6H2,1H3,(H,24,25)/t8-,9-/m1/s1. The number of hydrogen-bond donors (Lipinski definition) is 2. The van der Waals surface area contributed by atoms with E-state index in [0.29, 0.717) is 36.1 Å². The van der Waals surface area contributed by atoms with Gasteiger partial charge < -0.3 is 15.0 Å². The maximum atomic E-state index is 13.1. The van der Waals surface area contributed by atoms with Crippen LogP contribution in [0.4, 0.5) is 13.2 Å². The number of fused-ring (bicyclic) bond motifs is 1. The van der Waals surface area contributed by atoms with Crippen molar-refractivity contribution in [1.29, 1.82) is 0 Å². The summed E-state index contributed by atoms with van der Waals surface area (Å²) in [4.78, 5) is 39.6. The van der Waals surface area contributed by atoms with E-state index in [9.17, 15) is 27.6 Å². The van der Waals surface area contributed by atoms with Gasteiger partial charge in [0.2, 0.25) is 0 Å². The van der Waals surface area contributed by atoms with E-state index >= 15 is 0 Å². The van der Waals surface area contributed by atoms with Gasteiger partial charge in [-0.1, -0.05) is 0 Å². The fourth-order valence-electron chi connectivity index (χ4n) is 3.70. The number of aryl methyl sites for hydroxylation is 1. The highest BCUT2D eigenvalue weighted by atomic mass is 19.4. The summed E-state index contributed by atoms with van der Waals surface area (Å²) in [5.41, 5.74) is 1.56. The minimum absolute atomic E-state index is 0.0761. The van der Waals surface area contributed by atoms with Gasteiger partial charge in [0.05, 0.1) is 11.8 Å². The van der Waals surface area contributed by atoms with Gasteiger partial charge in [0.15, 0.2) is 5.78 Å².